The fourth-order valence-corrected chi connectivity index (χ4v) is 4.55. The summed E-state index contributed by atoms with van der Waals surface area (Å²) in [5, 5.41) is 14.8. The molecule has 0 aliphatic rings. The van der Waals surface area contributed by atoms with Gasteiger partial charge in [-0.2, -0.15) is 0 Å². The van der Waals surface area contributed by atoms with Gasteiger partial charge >= 0.3 is 57.4 Å². The van der Waals surface area contributed by atoms with Gasteiger partial charge in [0, 0.05) is 11.3 Å². The molecule has 0 heterocycles. The Hall–Kier alpha value is -1.94. The van der Waals surface area contributed by atoms with Crippen molar-refractivity contribution in [1.29, 1.82) is 0 Å². The zero-order chi connectivity index (χ0) is 23.6. The Morgan fingerprint density at radius 2 is 1.26 bits per heavy atom. The first-order chi connectivity index (χ1) is 16.0. The van der Waals surface area contributed by atoms with E-state index in [-0.39, 0.29) is 62.4 Å². The predicted molar refractivity (Wildman–Crippen MR) is 130 cm³/mol. The monoisotopic (exact) mass is 501 g/mol. The van der Waals surface area contributed by atoms with Crippen molar-refractivity contribution in [3.8, 4) is 0 Å². The van der Waals surface area contributed by atoms with Crippen LogP contribution in [-0.2, 0) is 9.59 Å². The molecule has 0 aliphatic carbocycles. The summed E-state index contributed by atoms with van der Waals surface area (Å²) in [6, 6.07) is 26.2. The van der Waals surface area contributed by atoms with Gasteiger partial charge in [0.2, 0.25) is 5.91 Å². The third kappa shape index (κ3) is 8.37. The number of hydrogen-bond acceptors (Lipinski definition) is 4. The molecule has 170 valence electrons. The molecule has 2 unspecified atom stereocenters. The van der Waals surface area contributed by atoms with E-state index in [1.165, 1.54) is 18.7 Å². The number of rotatable bonds is 10. The van der Waals surface area contributed by atoms with E-state index in [2.05, 4.69) is 10.6 Å². The van der Waals surface area contributed by atoms with Crippen molar-refractivity contribution in [2.75, 3.05) is 5.75 Å². The molecule has 0 saturated carbocycles. The molecule has 0 bridgehead atoms. The van der Waals surface area contributed by atoms with Crippen molar-refractivity contribution in [2.45, 2.75) is 24.3 Å². The molecule has 3 aromatic carbocycles. The molecule has 2 amide bonds. The van der Waals surface area contributed by atoms with E-state index in [4.69, 9.17) is 0 Å². The number of thioether (sulfide) groups is 1. The smallest absolute Gasteiger partial charge is 0.480 e. The summed E-state index contributed by atoms with van der Waals surface area (Å²) < 4.78 is 0. The van der Waals surface area contributed by atoms with Gasteiger partial charge in [0.05, 0.1) is 5.25 Å². The van der Waals surface area contributed by atoms with Crippen molar-refractivity contribution < 1.29 is 70.9 Å². The second-order valence-electron chi connectivity index (χ2n) is 7.50. The number of carboxylic acid groups (broad SMARTS) is 1. The first kappa shape index (κ1) is 28.3. The summed E-state index contributed by atoms with van der Waals surface area (Å²) in [4.78, 5) is 36.8. The Bertz CT molecular complexity index is 1030. The van der Waals surface area contributed by atoms with Gasteiger partial charge in [0.1, 0.15) is 12.1 Å². The standard InChI is InChI=1S/C26H26N2O4S.K/c1-18(27-25(30)21-15-9-4-10-16-21)24(29)28-22(26(31)32)17-33-23(19-11-5-2-6-12-19)20-13-7-3-8-14-20;/h2-16,18,22-23H,17H2,1H3,(H,27,30)(H,28,29)(H,31,32);/q;+1. The Balaban J connectivity index is 0.00000408. The summed E-state index contributed by atoms with van der Waals surface area (Å²) in [6.07, 6.45) is 0. The summed E-state index contributed by atoms with van der Waals surface area (Å²) in [6.45, 7) is 1.53. The minimum absolute atomic E-state index is 0. The van der Waals surface area contributed by atoms with E-state index in [1.54, 1.807) is 30.3 Å². The van der Waals surface area contributed by atoms with Crippen LogP contribution in [0.3, 0.4) is 0 Å². The van der Waals surface area contributed by atoms with E-state index in [9.17, 15) is 19.5 Å². The fraction of sp³-hybridized carbons (Fsp3) is 0.192. The molecule has 0 saturated heterocycles. The third-order valence-corrected chi connectivity index (χ3v) is 6.43. The zero-order valence-corrected chi connectivity index (χ0v) is 23.1. The number of carbonyl (C=O) groups excluding carboxylic acids is 2. The van der Waals surface area contributed by atoms with Crippen molar-refractivity contribution in [3.05, 3.63) is 108 Å². The molecule has 0 aromatic heterocycles. The Morgan fingerprint density at radius 3 is 1.74 bits per heavy atom. The van der Waals surface area contributed by atoms with Crippen LogP contribution < -0.4 is 62.0 Å². The largest absolute Gasteiger partial charge is 1.00 e. The molecule has 0 spiro atoms. The van der Waals surface area contributed by atoms with E-state index in [0.29, 0.717) is 5.56 Å². The van der Waals surface area contributed by atoms with Gasteiger partial charge < -0.3 is 15.7 Å². The number of benzene rings is 3. The minimum Gasteiger partial charge on any atom is -0.480 e. The van der Waals surface area contributed by atoms with E-state index in [0.717, 1.165) is 11.1 Å². The van der Waals surface area contributed by atoms with Crippen LogP contribution in [-0.4, -0.2) is 40.7 Å². The number of carbonyl (C=O) groups is 3. The molecule has 3 N–H and O–H groups in total. The van der Waals surface area contributed by atoms with Gasteiger partial charge in [-0.3, -0.25) is 9.59 Å². The Kier molecular flexibility index (Phi) is 12.0. The average Bonchev–Trinajstić information content (AvgIpc) is 2.85. The predicted octanol–water partition coefficient (Wildman–Crippen LogP) is 0.901. The van der Waals surface area contributed by atoms with Crippen LogP contribution in [0.15, 0.2) is 91.0 Å². The molecule has 34 heavy (non-hydrogen) atoms. The van der Waals surface area contributed by atoms with E-state index in [1.807, 2.05) is 60.7 Å². The van der Waals surface area contributed by atoms with Crippen molar-refractivity contribution in [1.82, 2.24) is 10.6 Å². The van der Waals surface area contributed by atoms with Crippen LogP contribution in [0, 0.1) is 0 Å². The minimum atomic E-state index is -1.13. The fourth-order valence-electron chi connectivity index (χ4n) is 3.24. The molecule has 3 rings (SSSR count). The maximum absolute atomic E-state index is 12.6. The molecule has 8 heteroatoms. The van der Waals surface area contributed by atoms with Crippen LogP contribution in [0.1, 0.15) is 33.7 Å². The number of nitrogens with one attached hydrogen (secondary N) is 2. The first-order valence-corrected chi connectivity index (χ1v) is 11.6. The second-order valence-corrected chi connectivity index (χ2v) is 8.63. The summed E-state index contributed by atoms with van der Waals surface area (Å²) in [7, 11) is 0. The first-order valence-electron chi connectivity index (χ1n) is 10.6. The van der Waals surface area contributed by atoms with Crippen molar-refractivity contribution in [2.24, 2.45) is 0 Å². The van der Waals surface area contributed by atoms with E-state index < -0.39 is 29.9 Å². The topological polar surface area (TPSA) is 95.5 Å². The van der Waals surface area contributed by atoms with Gasteiger partial charge in [-0.05, 0) is 30.2 Å². The average molecular weight is 502 g/mol. The molecule has 0 fully saturated rings. The normalized spacial score (nSPS) is 12.2. The molecule has 0 radical (unpaired) electrons. The number of carboxylic acids is 1. The molecule has 6 nitrogen and oxygen atoms in total. The van der Waals surface area contributed by atoms with Crippen LogP contribution in [0.2, 0.25) is 0 Å². The van der Waals surface area contributed by atoms with Crippen LogP contribution in [0.25, 0.3) is 0 Å². The van der Waals surface area contributed by atoms with Gasteiger partial charge in [-0.1, -0.05) is 78.9 Å². The molecular weight excluding hydrogens is 475 g/mol. The Labute approximate surface area is 246 Å². The molecule has 0 aliphatic heterocycles. The number of amides is 2. The van der Waals surface area contributed by atoms with Crippen molar-refractivity contribution >= 4 is 29.5 Å². The van der Waals surface area contributed by atoms with Crippen LogP contribution >= 0.6 is 11.8 Å². The zero-order valence-electron chi connectivity index (χ0n) is 19.2. The quantitative estimate of drug-likeness (QED) is 0.359. The number of hydrogen-bond donors (Lipinski definition) is 3. The van der Waals surface area contributed by atoms with Crippen LogP contribution in [0.5, 0.6) is 0 Å². The van der Waals surface area contributed by atoms with Gasteiger partial charge in [-0.15, -0.1) is 11.8 Å². The van der Waals surface area contributed by atoms with Gasteiger partial charge in [0.15, 0.2) is 0 Å². The number of aliphatic carboxylic acids is 1. The molecule has 3 aromatic rings. The molecule has 2 atom stereocenters. The maximum Gasteiger partial charge on any atom is 1.00 e. The molecular formula is C26H26KN2O4S+. The third-order valence-electron chi connectivity index (χ3n) is 5.03. The van der Waals surface area contributed by atoms with Gasteiger partial charge in [-0.25, -0.2) is 4.79 Å². The van der Waals surface area contributed by atoms with Gasteiger partial charge in [0.25, 0.3) is 5.91 Å². The van der Waals surface area contributed by atoms with Crippen LogP contribution in [0.4, 0.5) is 0 Å². The second kappa shape index (κ2) is 14.5. The van der Waals surface area contributed by atoms with Crippen molar-refractivity contribution in [3.63, 3.8) is 0 Å². The van der Waals surface area contributed by atoms with E-state index >= 15 is 0 Å². The Morgan fingerprint density at radius 1 is 0.794 bits per heavy atom. The maximum atomic E-state index is 12.6. The SMILES string of the molecule is CC(NC(=O)c1ccccc1)C(=O)NC(CSC(c1ccccc1)c1ccccc1)C(=O)O.[K+]. The summed E-state index contributed by atoms with van der Waals surface area (Å²) >= 11 is 1.45. The summed E-state index contributed by atoms with van der Waals surface area (Å²) in [5.74, 6) is -1.91. The summed E-state index contributed by atoms with van der Waals surface area (Å²) in [5.41, 5.74) is 2.52.